The first kappa shape index (κ1) is 13.5. The summed E-state index contributed by atoms with van der Waals surface area (Å²) in [6, 6.07) is 4.60. The van der Waals surface area contributed by atoms with E-state index < -0.39 is 14.9 Å². The van der Waals surface area contributed by atoms with E-state index in [2.05, 4.69) is 4.40 Å². The third-order valence-corrected chi connectivity index (χ3v) is 3.93. The van der Waals surface area contributed by atoms with Gasteiger partial charge in [0, 0.05) is 18.6 Å². The normalized spacial score (nSPS) is 18.0. The molecule has 0 unspecified atom stereocenters. The first-order chi connectivity index (χ1) is 8.99. The van der Waals surface area contributed by atoms with Gasteiger partial charge in [0.05, 0.1) is 16.4 Å². The van der Waals surface area contributed by atoms with Crippen molar-refractivity contribution in [3.63, 3.8) is 0 Å². The van der Waals surface area contributed by atoms with E-state index >= 15 is 0 Å². The van der Waals surface area contributed by atoms with Gasteiger partial charge in [-0.2, -0.15) is 8.42 Å². The number of ether oxygens (including phenoxy) is 1. The van der Waals surface area contributed by atoms with Crippen molar-refractivity contribution in [3.8, 4) is 0 Å². The van der Waals surface area contributed by atoms with E-state index in [0.717, 1.165) is 25.0 Å². The highest BCUT2D eigenvalue weighted by molar-refractivity contribution is 7.90. The number of sulfonamides is 1. The predicted molar refractivity (Wildman–Crippen MR) is 67.5 cm³/mol. The van der Waals surface area contributed by atoms with E-state index in [1.807, 2.05) is 0 Å². The number of hydrogen-bond acceptors (Lipinski definition) is 5. The molecular formula is C11H12N2O5S. The van der Waals surface area contributed by atoms with Crippen LogP contribution in [-0.4, -0.2) is 25.8 Å². The first-order valence-electron chi connectivity index (χ1n) is 5.70. The first-order valence-corrected chi connectivity index (χ1v) is 7.14. The summed E-state index contributed by atoms with van der Waals surface area (Å²) in [7, 11) is -3.86. The molecule has 0 spiro atoms. The van der Waals surface area contributed by atoms with Crippen molar-refractivity contribution >= 4 is 21.6 Å². The molecule has 1 aliphatic heterocycles. The molecule has 7 nitrogen and oxygen atoms in total. The van der Waals surface area contributed by atoms with Gasteiger partial charge in [-0.1, -0.05) is 0 Å². The van der Waals surface area contributed by atoms with Crippen LogP contribution < -0.4 is 0 Å². The van der Waals surface area contributed by atoms with Crippen molar-refractivity contribution in [2.75, 3.05) is 6.61 Å². The van der Waals surface area contributed by atoms with Crippen molar-refractivity contribution < 1.29 is 18.1 Å². The molecule has 1 aromatic carbocycles. The van der Waals surface area contributed by atoms with Crippen LogP contribution in [-0.2, 0) is 14.8 Å². The van der Waals surface area contributed by atoms with Gasteiger partial charge in [-0.15, -0.1) is 4.40 Å². The molecule has 8 heteroatoms. The molecule has 19 heavy (non-hydrogen) atoms. The number of hydrogen-bond donors (Lipinski definition) is 0. The van der Waals surface area contributed by atoms with Crippen molar-refractivity contribution in [1.82, 2.24) is 0 Å². The Morgan fingerprint density at radius 2 is 1.89 bits per heavy atom. The summed E-state index contributed by atoms with van der Waals surface area (Å²) in [5, 5.41) is 10.5. The van der Waals surface area contributed by atoms with Crippen molar-refractivity contribution in [1.29, 1.82) is 0 Å². The van der Waals surface area contributed by atoms with Gasteiger partial charge in [0.1, 0.15) is 0 Å². The van der Waals surface area contributed by atoms with E-state index in [0.29, 0.717) is 13.0 Å². The van der Waals surface area contributed by atoms with Crippen LogP contribution in [0.3, 0.4) is 0 Å². The van der Waals surface area contributed by atoms with Gasteiger partial charge in [0.25, 0.3) is 15.7 Å². The van der Waals surface area contributed by atoms with Gasteiger partial charge < -0.3 is 4.74 Å². The number of non-ortho nitro benzene ring substituents is 1. The minimum Gasteiger partial charge on any atom is -0.480 e. The zero-order valence-corrected chi connectivity index (χ0v) is 10.8. The molecule has 0 amide bonds. The zero-order valence-electron chi connectivity index (χ0n) is 9.98. The second-order valence-corrected chi connectivity index (χ2v) is 5.62. The Bertz CT molecular complexity index is 598. The second kappa shape index (κ2) is 5.35. The largest absolute Gasteiger partial charge is 0.480 e. The Balaban J connectivity index is 2.26. The molecule has 0 N–H and O–H groups in total. The Labute approximate surface area is 110 Å². The average molecular weight is 284 g/mol. The van der Waals surface area contributed by atoms with Crippen LogP contribution in [0.5, 0.6) is 0 Å². The molecule has 0 aliphatic carbocycles. The van der Waals surface area contributed by atoms with Crippen LogP contribution in [0.1, 0.15) is 19.3 Å². The summed E-state index contributed by atoms with van der Waals surface area (Å²) in [4.78, 5) is 9.81. The highest BCUT2D eigenvalue weighted by Gasteiger charge is 2.18. The minimum atomic E-state index is -3.86. The summed E-state index contributed by atoms with van der Waals surface area (Å²) in [5.41, 5.74) is -0.166. The topological polar surface area (TPSA) is 98.9 Å². The highest BCUT2D eigenvalue weighted by Crippen LogP contribution is 2.19. The van der Waals surface area contributed by atoms with Crippen LogP contribution in [0, 0.1) is 10.1 Å². The zero-order chi connectivity index (χ0) is 13.9. The van der Waals surface area contributed by atoms with Gasteiger partial charge >= 0.3 is 0 Å². The Kier molecular flexibility index (Phi) is 3.79. The van der Waals surface area contributed by atoms with Crippen LogP contribution in [0.15, 0.2) is 33.6 Å². The Morgan fingerprint density at radius 1 is 1.21 bits per heavy atom. The SMILES string of the molecule is O=[N+]([O-])c1ccc(S(=O)(=O)/N=C2/CCCCO2)cc1. The minimum absolute atomic E-state index is 0.0835. The summed E-state index contributed by atoms with van der Waals surface area (Å²) in [6.45, 7) is 0.467. The van der Waals surface area contributed by atoms with Crippen LogP contribution in [0.2, 0.25) is 0 Å². The quantitative estimate of drug-likeness (QED) is 0.623. The molecule has 1 saturated heterocycles. The van der Waals surface area contributed by atoms with E-state index in [-0.39, 0.29) is 16.5 Å². The molecule has 1 aliphatic rings. The predicted octanol–water partition coefficient (Wildman–Crippen LogP) is 1.88. The van der Waals surface area contributed by atoms with Gasteiger partial charge in [-0.25, -0.2) is 0 Å². The molecule has 0 bridgehead atoms. The Morgan fingerprint density at radius 3 is 2.42 bits per heavy atom. The molecule has 2 rings (SSSR count). The van der Waals surface area contributed by atoms with E-state index in [9.17, 15) is 18.5 Å². The number of nitro benzene ring substituents is 1. The Hall–Kier alpha value is -1.96. The lowest BCUT2D eigenvalue weighted by atomic mass is 10.2. The fraction of sp³-hybridized carbons (Fsp3) is 0.364. The van der Waals surface area contributed by atoms with E-state index in [4.69, 9.17) is 4.74 Å². The maximum absolute atomic E-state index is 11.9. The van der Waals surface area contributed by atoms with Crippen LogP contribution in [0.25, 0.3) is 0 Å². The van der Waals surface area contributed by atoms with Gasteiger partial charge in [0.2, 0.25) is 0 Å². The molecule has 1 heterocycles. The summed E-state index contributed by atoms with van der Waals surface area (Å²) >= 11 is 0. The molecule has 0 aromatic heterocycles. The van der Waals surface area contributed by atoms with Crippen molar-refractivity contribution in [2.24, 2.45) is 4.40 Å². The van der Waals surface area contributed by atoms with E-state index in [1.165, 1.54) is 12.1 Å². The maximum Gasteiger partial charge on any atom is 0.285 e. The monoisotopic (exact) mass is 284 g/mol. The van der Waals surface area contributed by atoms with Crippen LogP contribution in [0.4, 0.5) is 5.69 Å². The molecule has 102 valence electrons. The van der Waals surface area contributed by atoms with E-state index in [1.54, 1.807) is 0 Å². The number of nitrogens with zero attached hydrogens (tertiary/aromatic N) is 2. The lowest BCUT2D eigenvalue weighted by Crippen LogP contribution is -2.14. The lowest BCUT2D eigenvalue weighted by molar-refractivity contribution is -0.384. The number of nitro groups is 1. The number of benzene rings is 1. The lowest BCUT2D eigenvalue weighted by Gasteiger charge is -2.13. The third kappa shape index (κ3) is 3.28. The molecule has 0 saturated carbocycles. The molecule has 1 aromatic rings. The third-order valence-electron chi connectivity index (χ3n) is 2.62. The summed E-state index contributed by atoms with van der Waals surface area (Å²) in [6.07, 6.45) is 2.22. The molecular weight excluding hydrogens is 272 g/mol. The fourth-order valence-corrected chi connectivity index (χ4v) is 2.64. The van der Waals surface area contributed by atoms with Gasteiger partial charge in [-0.3, -0.25) is 10.1 Å². The standard InChI is InChI=1S/C11H12N2O5S/c14-13(15)9-4-6-10(7-5-9)19(16,17)12-11-3-1-2-8-18-11/h4-7H,1-3,8H2/b12-11-. The average Bonchev–Trinajstić information content (AvgIpc) is 2.39. The second-order valence-electron chi connectivity index (χ2n) is 4.02. The molecule has 0 atom stereocenters. The fourth-order valence-electron chi connectivity index (χ4n) is 1.64. The van der Waals surface area contributed by atoms with Gasteiger partial charge in [0.15, 0.2) is 5.90 Å². The molecule has 0 radical (unpaired) electrons. The summed E-state index contributed by atoms with van der Waals surface area (Å²) < 4.78 is 32.7. The number of rotatable bonds is 3. The molecule has 1 fully saturated rings. The maximum atomic E-state index is 11.9. The highest BCUT2D eigenvalue weighted by atomic mass is 32.2. The van der Waals surface area contributed by atoms with Crippen molar-refractivity contribution in [3.05, 3.63) is 34.4 Å². The smallest absolute Gasteiger partial charge is 0.285 e. The van der Waals surface area contributed by atoms with Crippen LogP contribution >= 0.6 is 0 Å². The van der Waals surface area contributed by atoms with Gasteiger partial charge in [-0.05, 0) is 25.0 Å². The van der Waals surface area contributed by atoms with Crippen molar-refractivity contribution in [2.45, 2.75) is 24.2 Å². The summed E-state index contributed by atoms with van der Waals surface area (Å²) in [5.74, 6) is 0.199.